The maximum atomic E-state index is 13.1. The Bertz CT molecular complexity index is 1110. The highest BCUT2D eigenvalue weighted by Crippen LogP contribution is 2.26. The Morgan fingerprint density at radius 1 is 1.09 bits per heavy atom. The van der Waals surface area contributed by atoms with Crippen LogP contribution in [0.3, 0.4) is 0 Å². The van der Waals surface area contributed by atoms with E-state index in [1.807, 2.05) is 6.92 Å². The van der Waals surface area contributed by atoms with E-state index < -0.39 is 14.9 Å². The maximum Gasteiger partial charge on any atom is 0.270 e. The molecule has 0 aromatic heterocycles. The highest BCUT2D eigenvalue weighted by Gasteiger charge is 2.32. The molecule has 2 aromatic rings. The number of benzene rings is 2. The van der Waals surface area contributed by atoms with Gasteiger partial charge in [0.1, 0.15) is 12.4 Å². The normalized spacial score (nSPS) is 14.8. The summed E-state index contributed by atoms with van der Waals surface area (Å²) in [5.74, 6) is 0.204. The molecule has 3 rings (SSSR count). The van der Waals surface area contributed by atoms with Gasteiger partial charge in [0.15, 0.2) is 0 Å². The Morgan fingerprint density at radius 3 is 2.45 bits per heavy atom. The van der Waals surface area contributed by atoms with Crippen LogP contribution in [0.4, 0.5) is 5.69 Å². The number of carbonyl (C=O) groups excluding carboxylic acids is 1. The highest BCUT2D eigenvalue weighted by molar-refractivity contribution is 7.89. The predicted molar refractivity (Wildman–Crippen MR) is 121 cm³/mol. The monoisotopic (exact) mass is 477 g/mol. The molecule has 2 aromatic carbocycles. The van der Waals surface area contributed by atoms with Gasteiger partial charge >= 0.3 is 0 Å². The largest absolute Gasteiger partial charge is 0.490 e. The van der Waals surface area contributed by atoms with E-state index in [2.05, 4.69) is 0 Å². The molecule has 0 N–H and O–H groups in total. The molecule has 0 aliphatic carbocycles. The maximum absolute atomic E-state index is 13.1. The first-order chi connectivity index (χ1) is 15.8. The molecule has 0 atom stereocenters. The number of nitro benzene ring substituents is 1. The minimum absolute atomic E-state index is 0.0869. The standard InChI is InChI=1S/C22H27N3O7S/c1-3-31-14-15-32-20-7-5-4-6-19(20)22(26)23-10-12-24(13-11-23)33(29,30)21-16-18(25(27)28)9-8-17(21)2/h4-9,16H,3,10-15H2,1-2H3. The Morgan fingerprint density at radius 2 is 1.79 bits per heavy atom. The van der Waals surface area contributed by atoms with Crippen molar-refractivity contribution in [1.29, 1.82) is 0 Å². The predicted octanol–water partition coefficient (Wildman–Crippen LogP) is 2.47. The van der Waals surface area contributed by atoms with Crippen LogP contribution >= 0.6 is 0 Å². The van der Waals surface area contributed by atoms with Crippen LogP contribution in [0.1, 0.15) is 22.8 Å². The number of nitro groups is 1. The van der Waals surface area contributed by atoms with Crippen LogP contribution in [0.25, 0.3) is 0 Å². The number of amides is 1. The van der Waals surface area contributed by atoms with Gasteiger partial charge in [-0.3, -0.25) is 14.9 Å². The van der Waals surface area contributed by atoms with E-state index >= 15 is 0 Å². The first-order valence-electron chi connectivity index (χ1n) is 10.6. The second-order valence-electron chi connectivity index (χ2n) is 7.44. The third-order valence-corrected chi connectivity index (χ3v) is 7.37. The number of piperazine rings is 1. The third kappa shape index (κ3) is 5.67. The van der Waals surface area contributed by atoms with Gasteiger partial charge in [0.2, 0.25) is 10.0 Å². The molecule has 1 heterocycles. The second kappa shape index (κ2) is 10.7. The van der Waals surface area contributed by atoms with E-state index in [4.69, 9.17) is 9.47 Å². The fourth-order valence-electron chi connectivity index (χ4n) is 3.55. The average molecular weight is 478 g/mol. The van der Waals surface area contributed by atoms with E-state index in [1.54, 1.807) is 36.1 Å². The first kappa shape index (κ1) is 24.6. The summed E-state index contributed by atoms with van der Waals surface area (Å²) >= 11 is 0. The van der Waals surface area contributed by atoms with Gasteiger partial charge in [-0.05, 0) is 31.5 Å². The van der Waals surface area contributed by atoms with Crippen LogP contribution in [0.15, 0.2) is 47.4 Å². The molecule has 0 saturated carbocycles. The lowest BCUT2D eigenvalue weighted by Crippen LogP contribution is -2.50. The number of ether oxygens (including phenoxy) is 2. The van der Waals surface area contributed by atoms with E-state index in [-0.39, 0.29) is 42.7 Å². The van der Waals surface area contributed by atoms with Gasteiger partial charge in [-0.1, -0.05) is 18.2 Å². The quantitative estimate of drug-likeness (QED) is 0.309. The lowest BCUT2D eigenvalue weighted by Gasteiger charge is -2.34. The summed E-state index contributed by atoms with van der Waals surface area (Å²) in [5, 5.41) is 11.1. The summed E-state index contributed by atoms with van der Waals surface area (Å²) in [6.45, 7) is 5.34. The van der Waals surface area contributed by atoms with Gasteiger partial charge in [-0.25, -0.2) is 8.42 Å². The molecular formula is C22H27N3O7S. The molecule has 1 fully saturated rings. The average Bonchev–Trinajstić information content (AvgIpc) is 2.81. The van der Waals surface area contributed by atoms with Crippen molar-refractivity contribution in [3.05, 3.63) is 63.7 Å². The van der Waals surface area contributed by atoms with Crippen LogP contribution < -0.4 is 4.74 Å². The summed E-state index contributed by atoms with van der Waals surface area (Å²) in [7, 11) is -3.94. The van der Waals surface area contributed by atoms with E-state index in [1.165, 1.54) is 16.4 Å². The van der Waals surface area contributed by atoms with Crippen LogP contribution in [-0.4, -0.2) is 74.5 Å². The molecule has 1 saturated heterocycles. The summed E-state index contributed by atoms with van der Waals surface area (Å²) in [6.07, 6.45) is 0. The summed E-state index contributed by atoms with van der Waals surface area (Å²) in [6, 6.07) is 10.7. The number of para-hydroxylation sites is 1. The van der Waals surface area contributed by atoms with Gasteiger partial charge in [0, 0.05) is 44.9 Å². The molecule has 11 heteroatoms. The van der Waals surface area contributed by atoms with E-state index in [0.29, 0.717) is 36.7 Å². The van der Waals surface area contributed by atoms with E-state index in [0.717, 1.165) is 6.07 Å². The van der Waals surface area contributed by atoms with Crippen molar-refractivity contribution in [3.8, 4) is 5.75 Å². The molecule has 0 spiro atoms. The van der Waals surface area contributed by atoms with Crippen LogP contribution in [0, 0.1) is 17.0 Å². The van der Waals surface area contributed by atoms with Crippen molar-refractivity contribution in [1.82, 2.24) is 9.21 Å². The van der Waals surface area contributed by atoms with Gasteiger partial charge < -0.3 is 14.4 Å². The Labute approximate surface area is 192 Å². The molecule has 0 unspecified atom stereocenters. The Hall–Kier alpha value is -3.02. The summed E-state index contributed by atoms with van der Waals surface area (Å²) in [4.78, 5) is 25.0. The third-order valence-electron chi connectivity index (χ3n) is 5.33. The lowest BCUT2D eigenvalue weighted by atomic mass is 10.1. The summed E-state index contributed by atoms with van der Waals surface area (Å²) < 4.78 is 38.5. The molecule has 1 aliphatic heterocycles. The molecule has 10 nitrogen and oxygen atoms in total. The smallest absolute Gasteiger partial charge is 0.270 e. The van der Waals surface area contributed by atoms with Crippen molar-refractivity contribution in [3.63, 3.8) is 0 Å². The fraction of sp³-hybridized carbons (Fsp3) is 0.409. The van der Waals surface area contributed by atoms with Gasteiger partial charge in [-0.15, -0.1) is 0 Å². The molecule has 33 heavy (non-hydrogen) atoms. The van der Waals surface area contributed by atoms with Crippen molar-refractivity contribution in [2.75, 3.05) is 46.0 Å². The zero-order valence-electron chi connectivity index (χ0n) is 18.6. The van der Waals surface area contributed by atoms with Gasteiger partial charge in [0.05, 0.1) is 22.0 Å². The molecule has 1 amide bonds. The minimum Gasteiger partial charge on any atom is -0.490 e. The topological polar surface area (TPSA) is 119 Å². The lowest BCUT2D eigenvalue weighted by molar-refractivity contribution is -0.385. The van der Waals surface area contributed by atoms with Crippen LogP contribution in [0.5, 0.6) is 5.75 Å². The molecule has 0 bridgehead atoms. The number of non-ortho nitro benzene ring substituents is 1. The second-order valence-corrected chi connectivity index (χ2v) is 9.35. The zero-order chi connectivity index (χ0) is 24.0. The number of hydrogen-bond donors (Lipinski definition) is 0. The number of rotatable bonds is 9. The number of nitrogens with zero attached hydrogens (tertiary/aromatic N) is 3. The van der Waals surface area contributed by atoms with Gasteiger partial charge in [0.25, 0.3) is 11.6 Å². The molecule has 1 aliphatic rings. The number of carbonyl (C=O) groups is 1. The Kier molecular flexibility index (Phi) is 8.01. The van der Waals surface area contributed by atoms with Crippen molar-refractivity contribution in [2.24, 2.45) is 0 Å². The van der Waals surface area contributed by atoms with E-state index in [9.17, 15) is 23.3 Å². The number of hydrogen-bond acceptors (Lipinski definition) is 7. The van der Waals surface area contributed by atoms with Crippen LogP contribution in [-0.2, 0) is 14.8 Å². The number of sulfonamides is 1. The summed E-state index contributed by atoms with van der Waals surface area (Å²) in [5.41, 5.74) is 0.547. The Balaban J connectivity index is 1.70. The first-order valence-corrected chi connectivity index (χ1v) is 12.0. The minimum atomic E-state index is -3.94. The SMILES string of the molecule is CCOCCOc1ccccc1C(=O)N1CCN(S(=O)(=O)c2cc([N+](=O)[O-])ccc2C)CC1. The van der Waals surface area contributed by atoms with Crippen molar-refractivity contribution in [2.45, 2.75) is 18.7 Å². The van der Waals surface area contributed by atoms with Crippen molar-refractivity contribution < 1.29 is 27.6 Å². The molecule has 0 radical (unpaired) electrons. The van der Waals surface area contributed by atoms with Crippen molar-refractivity contribution >= 4 is 21.6 Å². The highest BCUT2D eigenvalue weighted by atomic mass is 32.2. The fourth-order valence-corrected chi connectivity index (χ4v) is 5.21. The van der Waals surface area contributed by atoms with Gasteiger partial charge in [-0.2, -0.15) is 4.31 Å². The molecule has 178 valence electrons. The number of aryl methyl sites for hydroxylation is 1. The zero-order valence-corrected chi connectivity index (χ0v) is 19.4. The molecular weight excluding hydrogens is 450 g/mol. The van der Waals surface area contributed by atoms with Crippen LogP contribution in [0.2, 0.25) is 0 Å².